The van der Waals surface area contributed by atoms with Crippen LogP contribution in [0, 0.1) is 0 Å². The summed E-state index contributed by atoms with van der Waals surface area (Å²) >= 11 is 3.28. The molecule has 0 radical (unpaired) electrons. The Kier molecular flexibility index (Phi) is 5.91. The third kappa shape index (κ3) is 4.83. The van der Waals surface area contributed by atoms with Gasteiger partial charge in [-0.2, -0.15) is 4.98 Å². The summed E-state index contributed by atoms with van der Waals surface area (Å²) in [6, 6.07) is 8.45. The van der Waals surface area contributed by atoms with Crippen molar-refractivity contribution >= 4 is 46.6 Å². The van der Waals surface area contributed by atoms with Crippen LogP contribution < -0.4 is 5.73 Å². The molecule has 2 aromatic heterocycles. The minimum atomic E-state index is -4.38. The maximum atomic E-state index is 12.6. The predicted molar refractivity (Wildman–Crippen MR) is 113 cm³/mol. The van der Waals surface area contributed by atoms with Crippen molar-refractivity contribution in [2.24, 2.45) is 0 Å². The summed E-state index contributed by atoms with van der Waals surface area (Å²) in [5, 5.41) is 0. The topological polar surface area (TPSA) is 163 Å². The highest BCUT2D eigenvalue weighted by Crippen LogP contribution is 2.39. The average molecular weight is 510 g/mol. The van der Waals surface area contributed by atoms with E-state index in [1.165, 1.54) is 12.4 Å². The lowest BCUT2D eigenvalue weighted by molar-refractivity contribution is -0.0381. The fourth-order valence-electron chi connectivity index (χ4n) is 3.21. The summed E-state index contributed by atoms with van der Waals surface area (Å²) in [5.41, 5.74) is 6.89. The van der Waals surface area contributed by atoms with Crippen molar-refractivity contribution in [2.45, 2.75) is 24.9 Å². The van der Waals surface area contributed by atoms with Gasteiger partial charge in [0.2, 0.25) is 5.95 Å². The fraction of sp³-hybridized carbons (Fsp3) is 0.222. The van der Waals surface area contributed by atoms with Gasteiger partial charge in [0.1, 0.15) is 10.1 Å². The molecule has 1 saturated heterocycles. The number of nitrogens with two attached hydrogens (primary N) is 1. The number of halogens is 1. The van der Waals surface area contributed by atoms with E-state index in [1.807, 2.05) is 0 Å². The largest absolute Gasteiger partial charge is 0.454 e. The number of aromatic nitrogens is 4. The van der Waals surface area contributed by atoms with Crippen LogP contribution in [0.4, 0.5) is 5.95 Å². The van der Waals surface area contributed by atoms with E-state index >= 15 is 0 Å². The molecule has 1 aromatic carbocycles. The van der Waals surface area contributed by atoms with Gasteiger partial charge in [-0.1, -0.05) is 18.2 Å². The zero-order valence-corrected chi connectivity index (χ0v) is 18.3. The van der Waals surface area contributed by atoms with Crippen molar-refractivity contribution in [3.8, 4) is 0 Å². The Morgan fingerprint density at radius 1 is 1.32 bits per heavy atom. The van der Waals surface area contributed by atoms with E-state index < -0.39 is 32.0 Å². The van der Waals surface area contributed by atoms with Crippen molar-refractivity contribution < 1.29 is 28.6 Å². The smallest absolute Gasteiger partial charge is 0.348 e. The van der Waals surface area contributed by atoms with Gasteiger partial charge >= 0.3 is 13.6 Å². The van der Waals surface area contributed by atoms with Gasteiger partial charge in [0.15, 0.2) is 18.0 Å². The Balaban J connectivity index is 1.68. The third-order valence-electron chi connectivity index (χ3n) is 4.53. The molecule has 4 rings (SSSR count). The summed E-state index contributed by atoms with van der Waals surface area (Å²) in [6.07, 6.45) is 0.513. The lowest BCUT2D eigenvalue weighted by Crippen LogP contribution is -2.25. The number of fused-ring (bicyclic) bond motifs is 1. The first-order chi connectivity index (χ1) is 14.7. The zero-order chi connectivity index (χ0) is 22.2. The molecule has 0 bridgehead atoms. The van der Waals surface area contributed by atoms with E-state index in [1.54, 1.807) is 34.9 Å². The van der Waals surface area contributed by atoms with E-state index in [2.05, 4.69) is 30.9 Å². The molecule has 3 atom stereocenters. The first-order valence-electron chi connectivity index (χ1n) is 9.03. The van der Waals surface area contributed by atoms with Gasteiger partial charge in [-0.25, -0.2) is 14.8 Å². The van der Waals surface area contributed by atoms with Gasteiger partial charge in [0, 0.05) is 12.2 Å². The van der Waals surface area contributed by atoms with E-state index in [9.17, 15) is 9.36 Å². The number of imidazole rings is 1. The number of carbonyl (C=O) groups excluding carboxylic acids is 1. The number of nitrogens with zero attached hydrogens (tertiary/aromatic N) is 4. The van der Waals surface area contributed by atoms with E-state index in [0.29, 0.717) is 21.3 Å². The molecule has 31 heavy (non-hydrogen) atoms. The van der Waals surface area contributed by atoms with Crippen LogP contribution in [0.25, 0.3) is 11.2 Å². The molecule has 0 aliphatic carbocycles. The van der Waals surface area contributed by atoms with Crippen LogP contribution in [0.2, 0.25) is 0 Å². The van der Waals surface area contributed by atoms with Gasteiger partial charge in [-0.3, -0.25) is 9.13 Å². The van der Waals surface area contributed by atoms with Crippen LogP contribution in [0.15, 0.2) is 53.2 Å². The van der Waals surface area contributed by atoms with Crippen LogP contribution in [-0.2, 0) is 14.0 Å². The number of rotatable bonds is 5. The normalized spacial score (nSPS) is 21.7. The van der Waals surface area contributed by atoms with Gasteiger partial charge in [-0.05, 0) is 34.1 Å². The molecule has 0 amide bonds. The molecule has 11 nitrogen and oxygen atoms in total. The first-order valence-corrected chi connectivity index (χ1v) is 11.5. The summed E-state index contributed by atoms with van der Waals surface area (Å²) in [5.74, 6) is 0.215. The number of esters is 1. The molecule has 3 unspecified atom stereocenters. The second kappa shape index (κ2) is 8.48. The second-order valence-corrected chi connectivity index (χ2v) is 8.97. The highest BCUT2D eigenvalue weighted by molar-refractivity contribution is 9.10. The van der Waals surface area contributed by atoms with Gasteiger partial charge < -0.3 is 25.0 Å². The first kappa shape index (κ1) is 21.6. The van der Waals surface area contributed by atoms with Crippen molar-refractivity contribution in [3.63, 3.8) is 0 Å². The molecule has 0 saturated carbocycles. The minimum absolute atomic E-state index is 0.00916. The van der Waals surface area contributed by atoms with Crippen LogP contribution in [0.3, 0.4) is 0 Å². The molecule has 13 heteroatoms. The van der Waals surface area contributed by atoms with Crippen molar-refractivity contribution in [1.29, 1.82) is 0 Å². The Hall–Kier alpha value is -2.63. The second-order valence-electron chi connectivity index (χ2n) is 6.74. The Labute approximate surface area is 184 Å². The molecular weight excluding hydrogens is 493 g/mol. The number of ether oxygens (including phenoxy) is 2. The van der Waals surface area contributed by atoms with Gasteiger partial charge in [0.05, 0.1) is 18.0 Å². The Bertz CT molecular complexity index is 1200. The maximum absolute atomic E-state index is 12.6. The number of hydrogen-bond acceptors (Lipinski definition) is 8. The summed E-state index contributed by atoms with van der Waals surface area (Å²) in [6.45, 7) is 0. The lowest BCUT2D eigenvalue weighted by Gasteiger charge is -2.20. The van der Waals surface area contributed by atoms with E-state index in [4.69, 9.17) is 25.0 Å². The molecule has 1 aliphatic heterocycles. The monoisotopic (exact) mass is 509 g/mol. The molecule has 162 valence electrons. The summed E-state index contributed by atoms with van der Waals surface area (Å²) in [4.78, 5) is 43.3. The van der Waals surface area contributed by atoms with Gasteiger partial charge in [-0.15, -0.1) is 0 Å². The zero-order valence-electron chi connectivity index (χ0n) is 15.8. The van der Waals surface area contributed by atoms with E-state index in [0.717, 1.165) is 5.82 Å². The predicted octanol–water partition coefficient (Wildman–Crippen LogP) is 2.38. The number of hydrogen-bond donors (Lipinski definition) is 3. The number of nitrogen functional groups attached to an aromatic ring is 1. The van der Waals surface area contributed by atoms with Crippen LogP contribution >= 0.6 is 23.5 Å². The summed E-state index contributed by atoms with van der Waals surface area (Å²) in [7, 11) is -4.38. The molecule has 3 heterocycles. The van der Waals surface area contributed by atoms with Gasteiger partial charge in [0.25, 0.3) is 0 Å². The van der Waals surface area contributed by atoms with Crippen LogP contribution in [0.1, 0.15) is 23.0 Å². The number of carbonyl (C=O) groups is 1. The van der Waals surface area contributed by atoms with Crippen molar-refractivity contribution in [3.05, 3.63) is 58.7 Å². The van der Waals surface area contributed by atoms with Crippen molar-refractivity contribution in [1.82, 2.24) is 19.5 Å². The molecule has 1 aliphatic rings. The Morgan fingerprint density at radius 2 is 2.06 bits per heavy atom. The molecule has 1 fully saturated rings. The van der Waals surface area contributed by atoms with Crippen molar-refractivity contribution in [2.75, 3.05) is 5.73 Å². The maximum Gasteiger partial charge on any atom is 0.348 e. The molecule has 4 N–H and O–H groups in total. The molecule has 0 spiro atoms. The SMILES string of the molecule is Nc1nc(Br)c2ncn(C3OC(C=CP(=O)(O)O)CC3OC(=O)c3ccccc3)c2n1. The quantitative estimate of drug-likeness (QED) is 0.264. The minimum Gasteiger partial charge on any atom is -0.454 e. The standard InChI is InChI=1S/C18H17BrN5O6P/c19-14-13-15(23-18(20)22-14)24(9-21-13)16-12(8-11(29-16)6-7-31(26,27)28)30-17(25)10-4-2-1-3-5-10/h1-7,9,11-12,16H,8H2,(H2,20,22,23)(H2,26,27,28). The van der Waals surface area contributed by atoms with Crippen LogP contribution in [-0.4, -0.2) is 47.5 Å². The average Bonchev–Trinajstić information content (AvgIpc) is 3.30. The lowest BCUT2D eigenvalue weighted by atomic mass is 10.2. The highest BCUT2D eigenvalue weighted by Gasteiger charge is 2.39. The van der Waals surface area contributed by atoms with Crippen LogP contribution in [0.5, 0.6) is 0 Å². The molecular formula is C18H17BrN5O6P. The number of benzene rings is 1. The molecule has 3 aromatic rings. The highest BCUT2D eigenvalue weighted by atomic mass is 79.9. The third-order valence-corrected chi connectivity index (χ3v) is 5.64. The summed E-state index contributed by atoms with van der Waals surface area (Å²) < 4.78 is 24.8. The van der Waals surface area contributed by atoms with E-state index in [-0.39, 0.29) is 12.4 Å². The Morgan fingerprint density at radius 3 is 2.77 bits per heavy atom. The number of anilines is 1. The fourth-order valence-corrected chi connectivity index (χ4v) is 4.09.